The Morgan fingerprint density at radius 1 is 1.24 bits per heavy atom. The molecule has 0 amide bonds. The van der Waals surface area contributed by atoms with E-state index in [4.69, 9.17) is 5.73 Å². The molecule has 2 heterocycles. The fourth-order valence-corrected chi connectivity index (χ4v) is 2.35. The number of hydrogen-bond donors (Lipinski definition) is 1. The number of alkyl halides is 3. The molecule has 8 heteroatoms. The molecule has 0 spiro atoms. The summed E-state index contributed by atoms with van der Waals surface area (Å²) in [6.45, 7) is 6.86. The number of anilines is 1. The molecule has 1 atom stereocenters. The van der Waals surface area contributed by atoms with Crippen LogP contribution in [0.25, 0.3) is 0 Å². The second kappa shape index (κ2) is 6.15. The Hall–Kier alpha value is -1.41. The Kier molecular flexibility index (Phi) is 4.67. The molecular formula is C13H20F3N5. The maximum Gasteiger partial charge on any atom is 0.433 e. The SMILES string of the molecule is Cc1cc(C(F)(F)F)nc(N2CCN(C(C)CN)CC2)n1. The predicted octanol–water partition coefficient (Wildman–Crippen LogP) is 1.27. The molecule has 1 aliphatic heterocycles. The zero-order valence-corrected chi connectivity index (χ0v) is 12.2. The van der Waals surface area contributed by atoms with Gasteiger partial charge in [0.05, 0.1) is 0 Å². The minimum absolute atomic E-state index is 0.155. The second-order valence-electron chi connectivity index (χ2n) is 5.30. The van der Waals surface area contributed by atoms with Crippen LogP contribution in [0.4, 0.5) is 19.1 Å². The summed E-state index contributed by atoms with van der Waals surface area (Å²) in [5.74, 6) is 0.155. The standard InChI is InChI=1S/C13H20F3N5/c1-9-7-11(13(14,15)16)19-12(18-9)21-5-3-20(4-6-21)10(2)8-17/h7,10H,3-6,8,17H2,1-2H3. The smallest absolute Gasteiger partial charge is 0.338 e. The van der Waals surface area contributed by atoms with Crippen molar-refractivity contribution in [2.45, 2.75) is 26.1 Å². The molecule has 1 saturated heterocycles. The maximum absolute atomic E-state index is 12.8. The number of piperazine rings is 1. The molecule has 1 aromatic heterocycles. The van der Waals surface area contributed by atoms with E-state index in [0.717, 1.165) is 19.2 Å². The molecule has 1 aliphatic rings. The van der Waals surface area contributed by atoms with Crippen molar-refractivity contribution in [2.75, 3.05) is 37.6 Å². The van der Waals surface area contributed by atoms with Crippen LogP contribution in [-0.4, -0.2) is 53.6 Å². The Morgan fingerprint density at radius 2 is 1.86 bits per heavy atom. The summed E-state index contributed by atoms with van der Waals surface area (Å²) in [7, 11) is 0. The molecular weight excluding hydrogens is 283 g/mol. The fraction of sp³-hybridized carbons (Fsp3) is 0.692. The number of nitrogens with two attached hydrogens (primary N) is 1. The highest BCUT2D eigenvalue weighted by atomic mass is 19.4. The largest absolute Gasteiger partial charge is 0.433 e. The Labute approximate surface area is 122 Å². The first kappa shape index (κ1) is 16.0. The van der Waals surface area contributed by atoms with Crippen LogP contribution in [0.1, 0.15) is 18.3 Å². The van der Waals surface area contributed by atoms with Gasteiger partial charge in [-0.05, 0) is 19.9 Å². The molecule has 21 heavy (non-hydrogen) atoms. The number of halogens is 3. The molecule has 0 aliphatic carbocycles. The van der Waals surface area contributed by atoms with Gasteiger partial charge < -0.3 is 10.6 Å². The zero-order valence-electron chi connectivity index (χ0n) is 12.2. The van der Waals surface area contributed by atoms with Crippen LogP contribution in [-0.2, 0) is 6.18 Å². The summed E-state index contributed by atoms with van der Waals surface area (Å²) < 4.78 is 38.4. The topological polar surface area (TPSA) is 58.3 Å². The summed E-state index contributed by atoms with van der Waals surface area (Å²) in [4.78, 5) is 11.8. The highest BCUT2D eigenvalue weighted by Crippen LogP contribution is 2.29. The maximum atomic E-state index is 12.8. The highest BCUT2D eigenvalue weighted by molar-refractivity contribution is 5.34. The first-order valence-corrected chi connectivity index (χ1v) is 6.93. The van der Waals surface area contributed by atoms with Gasteiger partial charge in [0.2, 0.25) is 5.95 Å². The average molecular weight is 303 g/mol. The quantitative estimate of drug-likeness (QED) is 0.911. The molecule has 1 unspecified atom stereocenters. The number of rotatable bonds is 3. The molecule has 1 aromatic rings. The zero-order chi connectivity index (χ0) is 15.6. The van der Waals surface area contributed by atoms with Crippen molar-refractivity contribution < 1.29 is 13.2 Å². The van der Waals surface area contributed by atoms with Gasteiger partial charge in [0.15, 0.2) is 0 Å². The van der Waals surface area contributed by atoms with Gasteiger partial charge in [-0.15, -0.1) is 0 Å². The normalized spacial score (nSPS) is 18.9. The first-order valence-electron chi connectivity index (χ1n) is 6.93. The van der Waals surface area contributed by atoms with Gasteiger partial charge in [0, 0.05) is 44.5 Å². The third kappa shape index (κ3) is 3.82. The summed E-state index contributed by atoms with van der Waals surface area (Å²) in [5, 5.41) is 0. The molecule has 5 nitrogen and oxygen atoms in total. The lowest BCUT2D eigenvalue weighted by Crippen LogP contribution is -2.51. The predicted molar refractivity (Wildman–Crippen MR) is 74.1 cm³/mol. The fourth-order valence-electron chi connectivity index (χ4n) is 2.35. The summed E-state index contributed by atoms with van der Waals surface area (Å²) >= 11 is 0. The van der Waals surface area contributed by atoms with E-state index < -0.39 is 11.9 Å². The molecule has 1 fully saturated rings. The van der Waals surface area contributed by atoms with Crippen LogP contribution in [0.3, 0.4) is 0 Å². The molecule has 118 valence electrons. The second-order valence-corrected chi connectivity index (χ2v) is 5.30. The Balaban J connectivity index is 2.12. The molecule has 0 radical (unpaired) electrons. The lowest BCUT2D eigenvalue weighted by molar-refractivity contribution is -0.141. The van der Waals surface area contributed by atoms with Gasteiger partial charge >= 0.3 is 6.18 Å². The number of hydrogen-bond acceptors (Lipinski definition) is 5. The van der Waals surface area contributed by atoms with Crippen molar-refractivity contribution in [2.24, 2.45) is 5.73 Å². The van der Waals surface area contributed by atoms with Crippen molar-refractivity contribution in [3.8, 4) is 0 Å². The van der Waals surface area contributed by atoms with E-state index >= 15 is 0 Å². The van der Waals surface area contributed by atoms with Crippen molar-refractivity contribution in [3.05, 3.63) is 17.5 Å². The van der Waals surface area contributed by atoms with E-state index in [0.29, 0.717) is 25.3 Å². The number of nitrogens with zero attached hydrogens (tertiary/aromatic N) is 4. The summed E-state index contributed by atoms with van der Waals surface area (Å²) in [6, 6.07) is 1.24. The third-order valence-electron chi connectivity index (χ3n) is 3.69. The van der Waals surface area contributed by atoms with Crippen LogP contribution < -0.4 is 10.6 Å². The van der Waals surface area contributed by atoms with Crippen LogP contribution in [0, 0.1) is 6.92 Å². The first-order chi connectivity index (χ1) is 9.81. The molecule has 2 N–H and O–H groups in total. The van der Waals surface area contributed by atoms with E-state index in [9.17, 15) is 13.2 Å². The van der Waals surface area contributed by atoms with Crippen LogP contribution in [0.15, 0.2) is 6.07 Å². The number of aromatic nitrogens is 2. The van der Waals surface area contributed by atoms with Crippen molar-refractivity contribution in [1.29, 1.82) is 0 Å². The van der Waals surface area contributed by atoms with Crippen LogP contribution in [0.5, 0.6) is 0 Å². The van der Waals surface area contributed by atoms with Crippen molar-refractivity contribution in [3.63, 3.8) is 0 Å². The van der Waals surface area contributed by atoms with E-state index in [1.165, 1.54) is 0 Å². The third-order valence-corrected chi connectivity index (χ3v) is 3.69. The minimum Gasteiger partial charge on any atom is -0.338 e. The van der Waals surface area contributed by atoms with Gasteiger partial charge in [0.25, 0.3) is 0 Å². The van der Waals surface area contributed by atoms with E-state index in [-0.39, 0.29) is 12.0 Å². The molecule has 0 bridgehead atoms. The van der Waals surface area contributed by atoms with Crippen molar-refractivity contribution >= 4 is 5.95 Å². The van der Waals surface area contributed by atoms with Crippen LogP contribution in [0.2, 0.25) is 0 Å². The van der Waals surface area contributed by atoms with E-state index in [1.54, 1.807) is 11.8 Å². The average Bonchev–Trinajstić information content (AvgIpc) is 2.45. The number of aryl methyl sites for hydroxylation is 1. The molecule has 0 aromatic carbocycles. The summed E-state index contributed by atoms with van der Waals surface area (Å²) in [6.07, 6.45) is -4.45. The van der Waals surface area contributed by atoms with Gasteiger partial charge in [-0.3, -0.25) is 4.90 Å². The van der Waals surface area contributed by atoms with Gasteiger partial charge in [-0.2, -0.15) is 13.2 Å². The van der Waals surface area contributed by atoms with Crippen LogP contribution >= 0.6 is 0 Å². The Bertz CT molecular complexity index is 483. The highest BCUT2D eigenvalue weighted by Gasteiger charge is 2.34. The van der Waals surface area contributed by atoms with Gasteiger partial charge in [-0.25, -0.2) is 9.97 Å². The monoisotopic (exact) mass is 303 g/mol. The minimum atomic E-state index is -4.45. The van der Waals surface area contributed by atoms with Gasteiger partial charge in [-0.1, -0.05) is 0 Å². The summed E-state index contributed by atoms with van der Waals surface area (Å²) in [5.41, 5.74) is 5.07. The lowest BCUT2D eigenvalue weighted by atomic mass is 10.2. The Morgan fingerprint density at radius 3 is 2.38 bits per heavy atom. The van der Waals surface area contributed by atoms with Gasteiger partial charge in [0.1, 0.15) is 5.69 Å². The molecule has 0 saturated carbocycles. The lowest BCUT2D eigenvalue weighted by Gasteiger charge is -2.37. The molecule has 2 rings (SSSR count). The van der Waals surface area contributed by atoms with Crippen molar-refractivity contribution in [1.82, 2.24) is 14.9 Å². The van der Waals surface area contributed by atoms with E-state index in [1.807, 2.05) is 6.92 Å². The van der Waals surface area contributed by atoms with E-state index in [2.05, 4.69) is 14.9 Å².